The maximum absolute atomic E-state index is 12.2. The van der Waals surface area contributed by atoms with Crippen LogP contribution < -0.4 is 10.6 Å². The minimum Gasteiger partial charge on any atom is -0.450 e. The van der Waals surface area contributed by atoms with E-state index in [4.69, 9.17) is 4.74 Å². The molecular formula is C15H29N3O3. The van der Waals surface area contributed by atoms with E-state index in [1.54, 1.807) is 6.92 Å². The van der Waals surface area contributed by atoms with E-state index >= 15 is 0 Å². The molecule has 0 radical (unpaired) electrons. The summed E-state index contributed by atoms with van der Waals surface area (Å²) in [4.78, 5) is 25.8. The third-order valence-corrected chi connectivity index (χ3v) is 3.48. The Morgan fingerprint density at radius 3 is 2.62 bits per heavy atom. The van der Waals surface area contributed by atoms with Crippen LogP contribution >= 0.6 is 0 Å². The molecule has 0 bridgehead atoms. The van der Waals surface area contributed by atoms with E-state index < -0.39 is 0 Å². The van der Waals surface area contributed by atoms with Crippen molar-refractivity contribution in [2.24, 2.45) is 0 Å². The Morgan fingerprint density at radius 1 is 1.38 bits per heavy atom. The molecule has 1 saturated heterocycles. The monoisotopic (exact) mass is 299 g/mol. The van der Waals surface area contributed by atoms with Crippen LogP contribution in [0.15, 0.2) is 0 Å². The summed E-state index contributed by atoms with van der Waals surface area (Å²) in [5.41, 5.74) is -0.232. The smallest absolute Gasteiger partial charge is 0.407 e. The number of likely N-dealkylation sites (tertiary alicyclic amines) is 1. The van der Waals surface area contributed by atoms with E-state index in [-0.39, 0.29) is 29.6 Å². The average molecular weight is 299 g/mol. The fraction of sp³-hybridized carbons (Fsp3) is 0.867. The fourth-order valence-corrected chi connectivity index (χ4v) is 2.46. The summed E-state index contributed by atoms with van der Waals surface area (Å²) in [6.45, 7) is 11.5. The molecule has 2 atom stereocenters. The zero-order chi connectivity index (χ0) is 16.0. The number of carbonyl (C=O) groups excluding carboxylic acids is 2. The van der Waals surface area contributed by atoms with Crippen LogP contribution in [0.3, 0.4) is 0 Å². The van der Waals surface area contributed by atoms with E-state index in [2.05, 4.69) is 15.5 Å². The number of hydrogen-bond donors (Lipinski definition) is 2. The summed E-state index contributed by atoms with van der Waals surface area (Å²) >= 11 is 0. The number of piperidine rings is 1. The Labute approximate surface area is 127 Å². The van der Waals surface area contributed by atoms with Crippen LogP contribution in [0, 0.1) is 0 Å². The van der Waals surface area contributed by atoms with E-state index in [1.807, 2.05) is 27.7 Å². The van der Waals surface area contributed by atoms with Crippen molar-refractivity contribution in [1.29, 1.82) is 0 Å². The van der Waals surface area contributed by atoms with Crippen molar-refractivity contribution in [3.8, 4) is 0 Å². The topological polar surface area (TPSA) is 70.7 Å². The molecule has 0 aromatic rings. The molecule has 0 spiro atoms. The number of amides is 2. The lowest BCUT2D eigenvalue weighted by molar-refractivity contribution is -0.127. The maximum Gasteiger partial charge on any atom is 0.407 e. The summed E-state index contributed by atoms with van der Waals surface area (Å²) < 4.78 is 4.91. The van der Waals surface area contributed by atoms with Gasteiger partial charge in [-0.25, -0.2) is 4.79 Å². The summed E-state index contributed by atoms with van der Waals surface area (Å²) in [5, 5.41) is 5.86. The molecule has 6 heteroatoms. The van der Waals surface area contributed by atoms with Crippen molar-refractivity contribution in [2.45, 2.75) is 65.1 Å². The van der Waals surface area contributed by atoms with Gasteiger partial charge < -0.3 is 15.4 Å². The molecule has 1 fully saturated rings. The zero-order valence-corrected chi connectivity index (χ0v) is 13.9. The van der Waals surface area contributed by atoms with Crippen molar-refractivity contribution >= 4 is 12.0 Å². The Balaban J connectivity index is 2.51. The lowest BCUT2D eigenvalue weighted by Gasteiger charge is -2.37. The van der Waals surface area contributed by atoms with Gasteiger partial charge in [-0.1, -0.05) is 0 Å². The van der Waals surface area contributed by atoms with Crippen LogP contribution in [0.25, 0.3) is 0 Å². The van der Waals surface area contributed by atoms with Crippen LogP contribution in [0.2, 0.25) is 0 Å². The molecule has 0 aliphatic carbocycles. The summed E-state index contributed by atoms with van der Waals surface area (Å²) in [7, 11) is 0. The molecule has 1 aliphatic rings. The van der Waals surface area contributed by atoms with Gasteiger partial charge in [0.1, 0.15) is 0 Å². The average Bonchev–Trinajstić information content (AvgIpc) is 2.36. The first kappa shape index (κ1) is 17.8. The van der Waals surface area contributed by atoms with Gasteiger partial charge in [-0.3, -0.25) is 9.69 Å². The lowest BCUT2D eigenvalue weighted by Crippen LogP contribution is -2.56. The summed E-state index contributed by atoms with van der Waals surface area (Å²) in [5.74, 6) is 0.0271. The third kappa shape index (κ3) is 6.33. The van der Waals surface area contributed by atoms with Crippen LogP contribution in [-0.4, -0.2) is 54.2 Å². The van der Waals surface area contributed by atoms with Gasteiger partial charge in [-0.2, -0.15) is 0 Å². The van der Waals surface area contributed by atoms with Gasteiger partial charge in [0.2, 0.25) is 5.91 Å². The molecule has 0 aromatic heterocycles. The lowest BCUT2D eigenvalue weighted by atomic mass is 10.0. The Morgan fingerprint density at radius 2 is 2.05 bits per heavy atom. The van der Waals surface area contributed by atoms with Crippen LogP contribution in [0.5, 0.6) is 0 Å². The predicted octanol–water partition coefficient (Wildman–Crippen LogP) is 1.50. The Hall–Kier alpha value is -1.30. The molecule has 1 rings (SSSR count). The molecule has 2 amide bonds. The van der Waals surface area contributed by atoms with Crippen LogP contribution in [-0.2, 0) is 9.53 Å². The second-order valence-corrected chi connectivity index (χ2v) is 6.61. The molecule has 0 aromatic carbocycles. The van der Waals surface area contributed by atoms with Gasteiger partial charge in [0.05, 0.1) is 12.6 Å². The van der Waals surface area contributed by atoms with Gasteiger partial charge in [0.25, 0.3) is 0 Å². The molecule has 0 saturated carbocycles. The highest BCUT2D eigenvalue weighted by atomic mass is 16.5. The number of carbonyl (C=O) groups is 2. The van der Waals surface area contributed by atoms with E-state index in [0.29, 0.717) is 13.2 Å². The minimum absolute atomic E-state index is 0.0271. The first-order valence-corrected chi connectivity index (χ1v) is 7.72. The van der Waals surface area contributed by atoms with Crippen molar-refractivity contribution in [1.82, 2.24) is 15.5 Å². The second-order valence-electron chi connectivity index (χ2n) is 6.61. The first-order valence-electron chi connectivity index (χ1n) is 7.72. The Kier molecular flexibility index (Phi) is 6.45. The number of alkyl carbamates (subject to hydrolysis) is 1. The van der Waals surface area contributed by atoms with Gasteiger partial charge in [-0.15, -0.1) is 0 Å². The van der Waals surface area contributed by atoms with Gasteiger partial charge >= 0.3 is 6.09 Å². The highest BCUT2D eigenvalue weighted by Gasteiger charge is 2.29. The second kappa shape index (κ2) is 7.64. The quantitative estimate of drug-likeness (QED) is 0.825. The van der Waals surface area contributed by atoms with Gasteiger partial charge in [0.15, 0.2) is 0 Å². The number of hydrogen-bond acceptors (Lipinski definition) is 4. The highest BCUT2D eigenvalue weighted by Crippen LogP contribution is 2.14. The zero-order valence-electron chi connectivity index (χ0n) is 13.9. The summed E-state index contributed by atoms with van der Waals surface area (Å²) in [6.07, 6.45) is 1.50. The molecule has 6 nitrogen and oxygen atoms in total. The fourth-order valence-electron chi connectivity index (χ4n) is 2.46. The standard InChI is InChI=1S/C15H29N3O3/c1-6-21-14(20)16-12-8-7-9-18(10-12)11(2)13(19)17-15(3,4)5/h11-12H,6-10H2,1-5H3,(H,16,20)(H,17,19)/t11-,12+/m0/s1. The molecule has 2 N–H and O–H groups in total. The molecular weight excluding hydrogens is 270 g/mol. The maximum atomic E-state index is 12.2. The Bertz CT molecular complexity index is 366. The third-order valence-electron chi connectivity index (χ3n) is 3.48. The molecule has 0 unspecified atom stereocenters. The van der Waals surface area contributed by atoms with Crippen molar-refractivity contribution in [2.75, 3.05) is 19.7 Å². The minimum atomic E-state index is -0.379. The van der Waals surface area contributed by atoms with Crippen LogP contribution in [0.1, 0.15) is 47.5 Å². The highest BCUT2D eigenvalue weighted by molar-refractivity contribution is 5.82. The number of nitrogens with one attached hydrogen (secondary N) is 2. The normalized spacial score (nSPS) is 21.5. The number of rotatable bonds is 4. The van der Waals surface area contributed by atoms with Gasteiger partial charge in [-0.05, 0) is 54.0 Å². The molecule has 122 valence electrons. The van der Waals surface area contributed by atoms with Crippen molar-refractivity contribution in [3.63, 3.8) is 0 Å². The molecule has 1 aliphatic heterocycles. The van der Waals surface area contributed by atoms with E-state index in [0.717, 1.165) is 19.4 Å². The predicted molar refractivity (Wildman–Crippen MR) is 82.1 cm³/mol. The van der Waals surface area contributed by atoms with Crippen LogP contribution in [0.4, 0.5) is 4.79 Å². The molecule has 21 heavy (non-hydrogen) atoms. The largest absolute Gasteiger partial charge is 0.450 e. The summed E-state index contributed by atoms with van der Waals surface area (Å²) in [6, 6.07) is -0.154. The SMILES string of the molecule is CCOC(=O)N[C@@H]1CCCN([C@@H](C)C(=O)NC(C)(C)C)C1. The van der Waals surface area contributed by atoms with Crippen molar-refractivity contribution < 1.29 is 14.3 Å². The number of ether oxygens (including phenoxy) is 1. The van der Waals surface area contributed by atoms with E-state index in [9.17, 15) is 9.59 Å². The van der Waals surface area contributed by atoms with Crippen molar-refractivity contribution in [3.05, 3.63) is 0 Å². The first-order chi connectivity index (χ1) is 9.73. The molecule has 1 heterocycles. The van der Waals surface area contributed by atoms with Gasteiger partial charge in [0, 0.05) is 18.1 Å². The van der Waals surface area contributed by atoms with E-state index in [1.165, 1.54) is 0 Å². The number of nitrogens with zero attached hydrogens (tertiary/aromatic N) is 1.